The lowest BCUT2D eigenvalue weighted by molar-refractivity contribution is -0.965. The van der Waals surface area contributed by atoms with Crippen LogP contribution in [0.25, 0.3) is 0 Å². The molecule has 9 nitrogen and oxygen atoms in total. The maximum Gasteiger partial charge on any atom is 0.346 e. The van der Waals surface area contributed by atoms with Gasteiger partial charge in [-0.2, -0.15) is 0 Å². The lowest BCUT2D eigenvalue weighted by Gasteiger charge is -2.54. The zero-order chi connectivity index (χ0) is 23.8. The van der Waals surface area contributed by atoms with E-state index in [4.69, 9.17) is 14.9 Å². The van der Waals surface area contributed by atoms with Crippen molar-refractivity contribution in [3.8, 4) is 0 Å². The smallest absolute Gasteiger partial charge is 0.346 e. The van der Waals surface area contributed by atoms with Crippen LogP contribution in [0.5, 0.6) is 0 Å². The Hall–Kier alpha value is -2.78. The first-order valence-electron chi connectivity index (χ1n) is 12.3. The average Bonchev–Trinajstić information content (AvgIpc) is 3.41. The van der Waals surface area contributed by atoms with Gasteiger partial charge in [0.1, 0.15) is 18.6 Å². The van der Waals surface area contributed by atoms with E-state index in [-0.39, 0.29) is 17.6 Å². The normalized spacial score (nSPS) is 29.8. The number of nitrogens with two attached hydrogens (primary N) is 1. The van der Waals surface area contributed by atoms with Gasteiger partial charge < -0.3 is 24.5 Å². The molecule has 3 saturated heterocycles. The van der Waals surface area contributed by atoms with Crippen LogP contribution in [0.2, 0.25) is 0 Å². The minimum absolute atomic E-state index is 0.191. The molecule has 3 atom stereocenters. The minimum Gasteiger partial charge on any atom is -0.466 e. The van der Waals surface area contributed by atoms with E-state index in [9.17, 15) is 14.7 Å². The molecule has 2 aromatic rings. The van der Waals surface area contributed by atoms with E-state index in [1.165, 1.54) is 12.6 Å². The van der Waals surface area contributed by atoms with E-state index in [1.807, 2.05) is 0 Å². The topological polar surface area (TPSA) is 129 Å². The highest BCUT2D eigenvalue weighted by Crippen LogP contribution is 2.45. The van der Waals surface area contributed by atoms with Gasteiger partial charge in [-0.05, 0) is 25.0 Å². The molecule has 182 valence electrons. The highest BCUT2D eigenvalue weighted by molar-refractivity contribution is 5.81. The predicted octanol–water partition coefficient (Wildman–Crippen LogP) is 2.22. The van der Waals surface area contributed by atoms with Crippen molar-refractivity contribution in [2.24, 2.45) is 17.6 Å². The van der Waals surface area contributed by atoms with Crippen molar-refractivity contribution >= 4 is 11.9 Å². The van der Waals surface area contributed by atoms with Gasteiger partial charge in [0, 0.05) is 37.1 Å². The van der Waals surface area contributed by atoms with E-state index < -0.39 is 29.6 Å². The maximum absolute atomic E-state index is 13.6. The highest BCUT2D eigenvalue weighted by atomic mass is 16.6. The van der Waals surface area contributed by atoms with Crippen LogP contribution in [0.15, 0.2) is 41.5 Å². The van der Waals surface area contributed by atoms with Crippen LogP contribution in [0, 0.1) is 11.8 Å². The van der Waals surface area contributed by atoms with Crippen molar-refractivity contribution in [3.05, 3.63) is 48.4 Å². The van der Waals surface area contributed by atoms with E-state index >= 15 is 0 Å². The Bertz CT molecular complexity index is 1000. The summed E-state index contributed by atoms with van der Waals surface area (Å²) >= 11 is 0. The number of aromatic nitrogens is 2. The number of carbonyl (C=O) groups excluding carboxylic acids is 2. The largest absolute Gasteiger partial charge is 0.466 e. The summed E-state index contributed by atoms with van der Waals surface area (Å²) in [5.74, 6) is -0.897. The number of amides is 1. The second-order valence-corrected chi connectivity index (χ2v) is 10.2. The molecular formula is C25H33N4O5+. The van der Waals surface area contributed by atoms with Gasteiger partial charge >= 0.3 is 5.97 Å². The third kappa shape index (κ3) is 3.90. The molecule has 2 unspecified atom stereocenters. The molecular weight excluding hydrogens is 436 g/mol. The minimum atomic E-state index is -1.81. The number of carbonyl (C=O) groups is 2. The van der Waals surface area contributed by atoms with Crippen molar-refractivity contribution in [1.82, 2.24) is 9.97 Å². The maximum atomic E-state index is 13.6. The second kappa shape index (κ2) is 9.11. The van der Waals surface area contributed by atoms with Crippen molar-refractivity contribution in [1.29, 1.82) is 0 Å². The molecule has 4 aliphatic rings. The number of hydrogen-bond donors (Lipinski definition) is 2. The lowest BCUT2D eigenvalue weighted by atomic mass is 9.75. The number of furan rings is 1. The molecule has 3 aliphatic heterocycles. The summed E-state index contributed by atoms with van der Waals surface area (Å²) < 4.78 is 12.1. The quantitative estimate of drug-likeness (QED) is 0.470. The summed E-state index contributed by atoms with van der Waals surface area (Å²) in [5.41, 5.74) is 4.75. The monoisotopic (exact) mass is 469 g/mol. The Morgan fingerprint density at radius 2 is 1.85 bits per heavy atom. The number of piperidine rings is 3. The molecule has 2 aromatic heterocycles. The standard InChI is InChI=1S/C25H32N4O5/c26-23(30)22(18-13-27-16-28-14-18)29-10-8-17(9-11-29)20(15-29)34-24(31)25(32,21-7-4-12-33-21)19-5-2-1-3-6-19/h4,7,12-14,16-17,19-20,22,32H,1-3,5-6,8-11,15H2,(H-,26,30)/p+1/t17?,20-,22?,25?,29?/m0/s1. The fourth-order valence-corrected chi connectivity index (χ4v) is 6.57. The molecule has 0 radical (unpaired) electrons. The van der Waals surface area contributed by atoms with Crippen LogP contribution in [-0.4, -0.2) is 57.2 Å². The Labute approximate surface area is 198 Å². The van der Waals surface area contributed by atoms with Gasteiger partial charge in [0.05, 0.1) is 24.9 Å². The third-order valence-corrected chi connectivity index (χ3v) is 8.34. The molecule has 9 heteroatoms. The first-order chi connectivity index (χ1) is 16.4. The van der Waals surface area contributed by atoms with Crippen LogP contribution in [-0.2, 0) is 19.9 Å². The number of esters is 1. The number of nitrogens with zero attached hydrogens (tertiary/aromatic N) is 3. The van der Waals surface area contributed by atoms with Gasteiger partial charge in [0.2, 0.25) is 5.60 Å². The number of primary amides is 1. The first-order valence-corrected chi connectivity index (χ1v) is 12.3. The Morgan fingerprint density at radius 1 is 1.15 bits per heavy atom. The number of hydrogen-bond acceptors (Lipinski definition) is 7. The summed E-state index contributed by atoms with van der Waals surface area (Å²) in [7, 11) is 0. The van der Waals surface area contributed by atoms with Crippen molar-refractivity contribution in [3.63, 3.8) is 0 Å². The average molecular weight is 470 g/mol. The van der Waals surface area contributed by atoms with E-state index in [2.05, 4.69) is 9.97 Å². The van der Waals surface area contributed by atoms with Gasteiger partial charge in [0.25, 0.3) is 5.91 Å². The van der Waals surface area contributed by atoms with Crippen LogP contribution in [0.1, 0.15) is 62.3 Å². The van der Waals surface area contributed by atoms with Crippen LogP contribution in [0.3, 0.4) is 0 Å². The fourth-order valence-electron chi connectivity index (χ4n) is 6.57. The summed E-state index contributed by atoms with van der Waals surface area (Å²) in [5, 5.41) is 11.7. The predicted molar refractivity (Wildman–Crippen MR) is 121 cm³/mol. The van der Waals surface area contributed by atoms with Crippen molar-refractivity contribution in [2.45, 2.75) is 62.7 Å². The molecule has 2 bridgehead atoms. The Morgan fingerprint density at radius 3 is 2.47 bits per heavy atom. The SMILES string of the molecule is NC(=O)C(c1cncnc1)[N+]12CCC(CC1)[C@@H](OC(=O)C(O)(c1ccco1)C1CCCCC1)C2. The van der Waals surface area contributed by atoms with Gasteiger partial charge in [-0.1, -0.05) is 19.3 Å². The summed E-state index contributed by atoms with van der Waals surface area (Å²) in [6.45, 7) is 2.01. The zero-order valence-electron chi connectivity index (χ0n) is 19.3. The van der Waals surface area contributed by atoms with E-state index in [0.717, 1.165) is 58.0 Å². The summed E-state index contributed by atoms with van der Waals surface area (Å²) in [4.78, 5) is 34.4. The molecule has 0 aromatic carbocycles. The highest BCUT2D eigenvalue weighted by Gasteiger charge is 2.56. The fraction of sp³-hybridized carbons (Fsp3) is 0.600. The van der Waals surface area contributed by atoms with E-state index in [1.54, 1.807) is 24.5 Å². The molecule has 1 saturated carbocycles. The van der Waals surface area contributed by atoms with Gasteiger partial charge in [-0.15, -0.1) is 0 Å². The number of quaternary nitrogens is 1. The molecule has 34 heavy (non-hydrogen) atoms. The van der Waals surface area contributed by atoms with Crippen LogP contribution >= 0.6 is 0 Å². The Kier molecular flexibility index (Phi) is 6.16. The molecule has 1 aliphatic carbocycles. The number of ether oxygens (including phenoxy) is 1. The molecule has 5 heterocycles. The zero-order valence-corrected chi connectivity index (χ0v) is 19.3. The molecule has 3 N–H and O–H groups in total. The van der Waals surface area contributed by atoms with Crippen LogP contribution in [0.4, 0.5) is 0 Å². The summed E-state index contributed by atoms with van der Waals surface area (Å²) in [6.07, 6.45) is 11.9. The number of rotatable bonds is 7. The Balaban J connectivity index is 1.41. The molecule has 1 amide bonds. The van der Waals surface area contributed by atoms with Crippen molar-refractivity contribution in [2.75, 3.05) is 19.6 Å². The van der Waals surface area contributed by atoms with Gasteiger partial charge in [0.15, 0.2) is 12.1 Å². The number of fused-ring (bicyclic) bond motifs is 3. The van der Waals surface area contributed by atoms with Crippen molar-refractivity contribution < 1.29 is 28.3 Å². The third-order valence-electron chi connectivity index (χ3n) is 8.34. The van der Waals surface area contributed by atoms with E-state index in [0.29, 0.717) is 16.6 Å². The van der Waals surface area contributed by atoms with Gasteiger partial charge in [-0.25, -0.2) is 14.8 Å². The van der Waals surface area contributed by atoms with Gasteiger partial charge in [-0.3, -0.25) is 4.79 Å². The molecule has 4 fully saturated rings. The number of aliphatic hydroxyl groups is 1. The molecule has 0 spiro atoms. The lowest BCUT2D eigenvalue weighted by Crippen LogP contribution is -2.67. The summed E-state index contributed by atoms with van der Waals surface area (Å²) in [6, 6.07) is 2.73. The second-order valence-electron chi connectivity index (χ2n) is 10.2. The molecule has 6 rings (SSSR count). The van der Waals surface area contributed by atoms with Crippen LogP contribution < -0.4 is 5.73 Å². The first kappa shape index (κ1) is 23.0.